The smallest absolute Gasteiger partial charge is 0.224 e. The van der Waals surface area contributed by atoms with Crippen LogP contribution in [0.15, 0.2) is 24.4 Å². The van der Waals surface area contributed by atoms with Crippen molar-refractivity contribution in [2.24, 2.45) is 5.73 Å². The van der Waals surface area contributed by atoms with Crippen LogP contribution in [-0.2, 0) is 30.7 Å². The van der Waals surface area contributed by atoms with Crippen LogP contribution in [0, 0.1) is 11.6 Å². The highest BCUT2D eigenvalue weighted by molar-refractivity contribution is 5.76. The fourth-order valence-electron chi connectivity index (χ4n) is 3.09. The van der Waals surface area contributed by atoms with E-state index in [0.717, 1.165) is 36.6 Å². The monoisotopic (exact) mass is 348 g/mol. The molecule has 1 aliphatic heterocycles. The Hall–Kier alpha value is -2.28. The normalized spacial score (nSPS) is 15.1. The summed E-state index contributed by atoms with van der Waals surface area (Å²) < 4.78 is 28.3. The summed E-state index contributed by atoms with van der Waals surface area (Å²) in [4.78, 5) is 18.8. The van der Waals surface area contributed by atoms with E-state index < -0.39 is 17.7 Å². The van der Waals surface area contributed by atoms with E-state index in [1.165, 1.54) is 6.07 Å². The number of nitrogens with two attached hydrogens (primary N) is 1. The molecule has 2 heterocycles. The molecule has 0 spiro atoms. The molecule has 1 aliphatic rings. The molecule has 0 saturated carbocycles. The van der Waals surface area contributed by atoms with Gasteiger partial charge in [0.2, 0.25) is 5.91 Å². The molecule has 2 aromatic rings. The first-order chi connectivity index (χ1) is 12.0. The quantitative estimate of drug-likeness (QED) is 0.899. The minimum absolute atomic E-state index is 0.0395. The Morgan fingerprint density at radius 2 is 2.12 bits per heavy atom. The number of fused-ring (bicyclic) bond motifs is 1. The molecule has 1 aromatic heterocycles. The van der Waals surface area contributed by atoms with E-state index in [-0.39, 0.29) is 12.3 Å². The van der Waals surface area contributed by atoms with Crippen molar-refractivity contribution >= 4 is 5.91 Å². The van der Waals surface area contributed by atoms with Gasteiger partial charge >= 0.3 is 0 Å². The predicted molar refractivity (Wildman–Crippen MR) is 89.7 cm³/mol. The van der Waals surface area contributed by atoms with Crippen LogP contribution in [0.5, 0.6) is 0 Å². The molecule has 3 rings (SSSR count). The van der Waals surface area contributed by atoms with Crippen LogP contribution in [0.3, 0.4) is 0 Å². The summed E-state index contributed by atoms with van der Waals surface area (Å²) in [5, 5.41) is 0. The maximum absolute atomic E-state index is 13.3. The predicted octanol–water partition coefficient (Wildman–Crippen LogP) is 2.03. The Morgan fingerprint density at radius 1 is 1.32 bits per heavy atom. The van der Waals surface area contributed by atoms with Crippen molar-refractivity contribution in [1.29, 1.82) is 0 Å². The summed E-state index contributed by atoms with van der Waals surface area (Å²) in [6.07, 6.45) is 3.39. The minimum Gasteiger partial charge on any atom is -0.333 e. The molecular formula is C18H22F2N4O. The second-order valence-corrected chi connectivity index (χ2v) is 6.43. The van der Waals surface area contributed by atoms with E-state index in [9.17, 15) is 13.6 Å². The summed E-state index contributed by atoms with van der Waals surface area (Å²) in [7, 11) is 0. The second-order valence-electron chi connectivity index (χ2n) is 6.43. The number of hydrogen-bond donors (Lipinski definition) is 1. The lowest BCUT2D eigenvalue weighted by Gasteiger charge is -2.28. The molecule has 2 N–H and O–H groups in total. The maximum Gasteiger partial charge on any atom is 0.224 e. The maximum atomic E-state index is 13.3. The highest BCUT2D eigenvalue weighted by Crippen LogP contribution is 2.16. The van der Waals surface area contributed by atoms with Crippen LogP contribution in [0.25, 0.3) is 0 Å². The molecule has 134 valence electrons. The molecule has 1 aromatic carbocycles. The van der Waals surface area contributed by atoms with Crippen molar-refractivity contribution in [1.82, 2.24) is 14.5 Å². The molecule has 1 unspecified atom stereocenters. The van der Waals surface area contributed by atoms with Crippen molar-refractivity contribution in [3.8, 4) is 0 Å². The van der Waals surface area contributed by atoms with Gasteiger partial charge in [0.05, 0.1) is 12.2 Å². The molecule has 0 aliphatic carbocycles. The van der Waals surface area contributed by atoms with Gasteiger partial charge in [0.25, 0.3) is 0 Å². The van der Waals surface area contributed by atoms with Gasteiger partial charge < -0.3 is 15.2 Å². The van der Waals surface area contributed by atoms with E-state index in [1.54, 1.807) is 4.90 Å². The van der Waals surface area contributed by atoms with Gasteiger partial charge in [-0.2, -0.15) is 0 Å². The zero-order valence-electron chi connectivity index (χ0n) is 14.2. The van der Waals surface area contributed by atoms with E-state index in [2.05, 4.69) is 16.5 Å². The van der Waals surface area contributed by atoms with E-state index >= 15 is 0 Å². The third kappa shape index (κ3) is 4.04. The fraction of sp³-hybridized carbons (Fsp3) is 0.444. The van der Waals surface area contributed by atoms with Crippen LogP contribution in [0.1, 0.15) is 30.4 Å². The van der Waals surface area contributed by atoms with Gasteiger partial charge in [-0.1, -0.05) is 13.0 Å². The van der Waals surface area contributed by atoms with Gasteiger partial charge in [-0.05, 0) is 30.5 Å². The first-order valence-electron chi connectivity index (χ1n) is 8.48. The lowest BCUT2D eigenvalue weighted by atomic mass is 10.0. The topological polar surface area (TPSA) is 64.2 Å². The number of imidazole rings is 1. The summed E-state index contributed by atoms with van der Waals surface area (Å²) in [5.41, 5.74) is 7.65. The van der Waals surface area contributed by atoms with Crippen molar-refractivity contribution < 1.29 is 13.6 Å². The number of carbonyl (C=O) groups excluding carboxylic acids is 1. The number of nitrogens with zero attached hydrogens (tertiary/aromatic N) is 3. The fourth-order valence-corrected chi connectivity index (χ4v) is 3.09. The zero-order chi connectivity index (χ0) is 18.0. The Kier molecular flexibility index (Phi) is 5.13. The lowest BCUT2D eigenvalue weighted by Crippen LogP contribution is -2.41. The van der Waals surface area contributed by atoms with Crippen LogP contribution < -0.4 is 5.73 Å². The molecule has 7 heteroatoms. The number of halogens is 2. The van der Waals surface area contributed by atoms with Crippen LogP contribution in [0.2, 0.25) is 0 Å². The molecule has 0 fully saturated rings. The number of aryl methyl sites for hydroxylation is 1. The van der Waals surface area contributed by atoms with Crippen molar-refractivity contribution in [2.45, 2.75) is 45.3 Å². The Balaban J connectivity index is 1.57. The molecule has 1 amide bonds. The molecule has 1 atom stereocenters. The number of aromatic nitrogens is 2. The first-order valence-corrected chi connectivity index (χ1v) is 8.48. The average molecular weight is 348 g/mol. The second kappa shape index (κ2) is 7.31. The van der Waals surface area contributed by atoms with Gasteiger partial charge in [-0.25, -0.2) is 13.8 Å². The zero-order valence-corrected chi connectivity index (χ0v) is 14.2. The van der Waals surface area contributed by atoms with E-state index in [0.29, 0.717) is 25.1 Å². The van der Waals surface area contributed by atoms with Crippen molar-refractivity contribution in [2.75, 3.05) is 6.54 Å². The van der Waals surface area contributed by atoms with Gasteiger partial charge in [0, 0.05) is 31.7 Å². The molecule has 0 saturated heterocycles. The van der Waals surface area contributed by atoms with Crippen molar-refractivity contribution in [3.63, 3.8) is 0 Å². The van der Waals surface area contributed by atoms with Gasteiger partial charge in [-0.3, -0.25) is 4.79 Å². The Bertz CT molecular complexity index is 774. The summed E-state index contributed by atoms with van der Waals surface area (Å²) >= 11 is 0. The summed E-state index contributed by atoms with van der Waals surface area (Å²) in [6.45, 7) is 3.89. The van der Waals surface area contributed by atoms with Crippen LogP contribution in [-0.4, -0.2) is 32.9 Å². The summed E-state index contributed by atoms with van der Waals surface area (Å²) in [5.74, 6) is -0.928. The van der Waals surface area contributed by atoms with Gasteiger partial charge in [0.1, 0.15) is 5.82 Å². The largest absolute Gasteiger partial charge is 0.333 e. The third-order valence-corrected chi connectivity index (χ3v) is 4.49. The number of benzene rings is 1. The third-order valence-electron chi connectivity index (χ3n) is 4.49. The lowest BCUT2D eigenvalue weighted by molar-refractivity contribution is -0.133. The number of rotatable bonds is 5. The van der Waals surface area contributed by atoms with E-state index in [1.807, 2.05) is 6.20 Å². The highest BCUT2D eigenvalue weighted by atomic mass is 19.2. The highest BCUT2D eigenvalue weighted by Gasteiger charge is 2.23. The minimum atomic E-state index is -0.898. The molecule has 0 radical (unpaired) electrons. The standard InChI is InChI=1S/C18H22F2N4O/c1-2-14-10-23-5-6-24(11-17(23)22-14)18(25)9-13(21)7-12-3-4-15(19)16(20)8-12/h3-4,8,10,13H,2,5-7,9,11,21H2,1H3. The number of carbonyl (C=O) groups is 1. The van der Waals surface area contributed by atoms with Gasteiger partial charge in [-0.15, -0.1) is 0 Å². The SMILES string of the molecule is CCc1cn2c(n1)CN(C(=O)CC(N)Cc1ccc(F)c(F)c1)CC2. The van der Waals surface area contributed by atoms with Crippen LogP contribution in [0.4, 0.5) is 8.78 Å². The first kappa shape index (κ1) is 17.5. The molecular weight excluding hydrogens is 326 g/mol. The summed E-state index contributed by atoms with van der Waals surface area (Å²) in [6, 6.07) is 3.26. The molecule has 25 heavy (non-hydrogen) atoms. The molecule has 5 nitrogen and oxygen atoms in total. The number of hydrogen-bond acceptors (Lipinski definition) is 3. The van der Waals surface area contributed by atoms with E-state index in [4.69, 9.17) is 5.73 Å². The van der Waals surface area contributed by atoms with Crippen LogP contribution >= 0.6 is 0 Å². The molecule has 0 bridgehead atoms. The Labute approximate surface area is 145 Å². The average Bonchev–Trinajstić information content (AvgIpc) is 3.00. The van der Waals surface area contributed by atoms with Crippen molar-refractivity contribution in [3.05, 3.63) is 53.1 Å². The Morgan fingerprint density at radius 3 is 2.84 bits per heavy atom. The number of amides is 1. The van der Waals surface area contributed by atoms with Gasteiger partial charge in [0.15, 0.2) is 11.6 Å².